The van der Waals surface area contributed by atoms with Gasteiger partial charge in [-0.3, -0.25) is 14.4 Å². The zero-order chi connectivity index (χ0) is 14.7. The number of Topliss-reactive ketones (excluding diaryl/α,β-unsaturated/α-hetero) is 1. The third kappa shape index (κ3) is 3.28. The van der Waals surface area contributed by atoms with Crippen molar-refractivity contribution in [3.63, 3.8) is 0 Å². The van der Waals surface area contributed by atoms with E-state index in [1.807, 2.05) is 0 Å². The van der Waals surface area contributed by atoms with Crippen LogP contribution in [0, 0.1) is 0 Å². The molecule has 0 aromatic carbocycles. The van der Waals surface area contributed by atoms with Crippen molar-refractivity contribution in [2.45, 2.75) is 50.8 Å². The number of hydrogen-bond acceptors (Lipinski definition) is 8. The number of rotatable bonds is 4. The fourth-order valence-corrected chi connectivity index (χ4v) is 1.57. The lowest BCUT2D eigenvalue weighted by Gasteiger charge is -2.34. The average molecular weight is 276 g/mol. The number of ketones is 1. The molecule has 0 aromatic heterocycles. The summed E-state index contributed by atoms with van der Waals surface area (Å²) in [6.45, 7) is 1.64. The lowest BCUT2D eigenvalue weighted by atomic mass is 10.1. The van der Waals surface area contributed by atoms with Crippen molar-refractivity contribution >= 4 is 17.7 Å². The van der Waals surface area contributed by atoms with E-state index >= 15 is 0 Å². The third-order valence-corrected chi connectivity index (χ3v) is 2.58. The molecular weight excluding hydrogens is 260 g/mol. The van der Waals surface area contributed by atoms with Crippen LogP contribution in [0.1, 0.15) is 39.0 Å². The second-order valence-corrected chi connectivity index (χ2v) is 4.23. The van der Waals surface area contributed by atoms with Crippen molar-refractivity contribution < 1.29 is 39.2 Å². The van der Waals surface area contributed by atoms with Crippen LogP contribution >= 0.6 is 0 Å². The first kappa shape index (κ1) is 15.5. The molecule has 8 heteroatoms. The Morgan fingerprint density at radius 2 is 2.05 bits per heavy atom. The van der Waals surface area contributed by atoms with Gasteiger partial charge in [-0.2, -0.15) is 0 Å². The van der Waals surface area contributed by atoms with Crippen molar-refractivity contribution in [3.8, 4) is 0 Å². The van der Waals surface area contributed by atoms with E-state index in [-0.39, 0.29) is 25.7 Å². The first-order chi connectivity index (χ1) is 8.73. The lowest BCUT2D eigenvalue weighted by molar-refractivity contribution is -0.426. The molecule has 0 amide bonds. The van der Waals surface area contributed by atoms with Gasteiger partial charge >= 0.3 is 23.7 Å². The number of aliphatic hydroxyl groups is 3. The van der Waals surface area contributed by atoms with Gasteiger partial charge in [-0.15, -0.1) is 0 Å². The summed E-state index contributed by atoms with van der Waals surface area (Å²) in [5.74, 6) is -10.1. The molecule has 1 aliphatic rings. The number of hydrogen-bond donors (Lipinski definition) is 3. The monoisotopic (exact) mass is 276 g/mol. The van der Waals surface area contributed by atoms with Crippen molar-refractivity contribution in [1.82, 2.24) is 0 Å². The van der Waals surface area contributed by atoms with Crippen LogP contribution in [0.25, 0.3) is 0 Å². The van der Waals surface area contributed by atoms with Gasteiger partial charge in [0.05, 0.1) is 0 Å². The van der Waals surface area contributed by atoms with E-state index in [9.17, 15) is 29.7 Å². The predicted octanol–water partition coefficient (Wildman–Crippen LogP) is -1.05. The highest BCUT2D eigenvalue weighted by Gasteiger charge is 2.62. The number of ether oxygens (including phenoxy) is 2. The molecular formula is C11H16O8. The highest BCUT2D eigenvalue weighted by molar-refractivity contribution is 5.90. The van der Waals surface area contributed by atoms with Gasteiger partial charge in [0.2, 0.25) is 5.78 Å². The van der Waals surface area contributed by atoms with Gasteiger partial charge in [-0.05, 0) is 12.8 Å². The summed E-state index contributed by atoms with van der Waals surface area (Å²) in [7, 11) is 0. The molecule has 8 nitrogen and oxygen atoms in total. The van der Waals surface area contributed by atoms with Crippen LogP contribution < -0.4 is 0 Å². The normalized spacial score (nSPS) is 24.6. The fraction of sp³-hybridized carbons (Fsp3) is 0.727. The summed E-state index contributed by atoms with van der Waals surface area (Å²) < 4.78 is 8.56. The summed E-state index contributed by atoms with van der Waals surface area (Å²) >= 11 is 0. The topological polar surface area (TPSA) is 130 Å². The lowest BCUT2D eigenvalue weighted by Crippen LogP contribution is -2.63. The largest absolute Gasteiger partial charge is 0.417 e. The van der Waals surface area contributed by atoms with Gasteiger partial charge in [0.1, 0.15) is 0 Å². The maximum absolute atomic E-state index is 11.6. The Morgan fingerprint density at radius 1 is 1.42 bits per heavy atom. The number of carbonyl (C=O) groups is 3. The van der Waals surface area contributed by atoms with Gasteiger partial charge in [0, 0.05) is 19.3 Å². The molecule has 0 bridgehead atoms. The molecule has 0 aromatic rings. The SMILES string of the molecule is CCCC(=O)OC(O)(O)C1(O)OC(=O)CCCC1=O. The molecule has 0 aliphatic carbocycles. The molecule has 0 saturated carbocycles. The minimum Gasteiger partial charge on any atom is -0.417 e. The zero-order valence-electron chi connectivity index (χ0n) is 10.4. The van der Waals surface area contributed by atoms with Crippen molar-refractivity contribution in [2.24, 2.45) is 0 Å². The summed E-state index contributed by atoms with van der Waals surface area (Å²) in [5, 5.41) is 29.0. The molecule has 0 spiro atoms. The molecule has 3 N–H and O–H groups in total. The second-order valence-electron chi connectivity index (χ2n) is 4.23. The Bertz CT molecular complexity index is 388. The second kappa shape index (κ2) is 5.64. The molecule has 1 fully saturated rings. The summed E-state index contributed by atoms with van der Waals surface area (Å²) in [4.78, 5) is 34.0. The molecule has 1 aliphatic heterocycles. The summed E-state index contributed by atoms with van der Waals surface area (Å²) in [6.07, 6.45) is -0.162. The van der Waals surface area contributed by atoms with Crippen molar-refractivity contribution in [3.05, 3.63) is 0 Å². The van der Waals surface area contributed by atoms with Crippen LogP contribution in [0.5, 0.6) is 0 Å². The van der Waals surface area contributed by atoms with E-state index in [1.165, 1.54) is 0 Å². The quantitative estimate of drug-likeness (QED) is 0.438. The first-order valence-electron chi connectivity index (χ1n) is 5.87. The fourth-order valence-electron chi connectivity index (χ4n) is 1.57. The first-order valence-corrected chi connectivity index (χ1v) is 5.87. The minimum atomic E-state index is -3.61. The van der Waals surface area contributed by atoms with Crippen LogP contribution in [0.4, 0.5) is 0 Å². The number of carbonyl (C=O) groups excluding carboxylic acids is 3. The Kier molecular flexibility index (Phi) is 4.61. The van der Waals surface area contributed by atoms with E-state index in [1.54, 1.807) is 6.92 Å². The average Bonchev–Trinajstić information content (AvgIpc) is 2.39. The van der Waals surface area contributed by atoms with Crippen LogP contribution in [0.15, 0.2) is 0 Å². The van der Waals surface area contributed by atoms with Crippen molar-refractivity contribution in [2.75, 3.05) is 0 Å². The molecule has 1 saturated heterocycles. The van der Waals surface area contributed by atoms with Gasteiger partial charge < -0.3 is 24.8 Å². The molecule has 1 atom stereocenters. The molecule has 19 heavy (non-hydrogen) atoms. The van der Waals surface area contributed by atoms with Crippen molar-refractivity contribution in [1.29, 1.82) is 0 Å². The maximum atomic E-state index is 11.6. The van der Waals surface area contributed by atoms with Crippen LogP contribution in [-0.2, 0) is 23.9 Å². The van der Waals surface area contributed by atoms with Gasteiger partial charge in [0.15, 0.2) is 0 Å². The zero-order valence-corrected chi connectivity index (χ0v) is 10.4. The van der Waals surface area contributed by atoms with E-state index in [4.69, 9.17) is 0 Å². The molecule has 1 rings (SSSR count). The summed E-state index contributed by atoms with van der Waals surface area (Å²) in [5.41, 5.74) is 0. The molecule has 1 heterocycles. The van der Waals surface area contributed by atoms with Gasteiger partial charge in [-0.25, -0.2) is 0 Å². The van der Waals surface area contributed by atoms with Gasteiger partial charge in [0.25, 0.3) is 0 Å². The van der Waals surface area contributed by atoms with E-state index in [0.29, 0.717) is 6.42 Å². The maximum Gasteiger partial charge on any atom is 0.402 e. The highest BCUT2D eigenvalue weighted by atomic mass is 16.8. The van der Waals surface area contributed by atoms with Crippen LogP contribution in [0.3, 0.4) is 0 Å². The van der Waals surface area contributed by atoms with Crippen LogP contribution in [-0.4, -0.2) is 44.8 Å². The standard InChI is InChI=1S/C11H16O8/c1-2-4-8(13)19-11(16,17)10(15)7(12)5-3-6-9(14)18-10/h15-17H,2-6H2,1H3. The number of cyclic esters (lactones) is 1. The Hall–Kier alpha value is -1.51. The van der Waals surface area contributed by atoms with E-state index in [0.717, 1.165) is 0 Å². The minimum absolute atomic E-state index is 0.0962. The smallest absolute Gasteiger partial charge is 0.402 e. The molecule has 1 unspecified atom stereocenters. The van der Waals surface area contributed by atoms with E-state index in [2.05, 4.69) is 9.47 Å². The third-order valence-electron chi connectivity index (χ3n) is 2.58. The Labute approximate surface area is 108 Å². The predicted molar refractivity (Wildman–Crippen MR) is 58.1 cm³/mol. The molecule has 0 radical (unpaired) electrons. The van der Waals surface area contributed by atoms with Gasteiger partial charge in [-0.1, -0.05) is 6.92 Å². The Morgan fingerprint density at radius 3 is 2.63 bits per heavy atom. The van der Waals surface area contributed by atoms with Crippen LogP contribution in [0.2, 0.25) is 0 Å². The van der Waals surface area contributed by atoms with E-state index < -0.39 is 29.5 Å². The Balaban J connectivity index is 2.96. The summed E-state index contributed by atoms with van der Waals surface area (Å²) in [6, 6.07) is 0. The highest BCUT2D eigenvalue weighted by Crippen LogP contribution is 2.30. The number of esters is 2. The molecule has 108 valence electrons.